The lowest BCUT2D eigenvalue weighted by molar-refractivity contribution is 0.0969. The lowest BCUT2D eigenvalue weighted by atomic mass is 10.1. The van der Waals surface area contributed by atoms with E-state index in [0.29, 0.717) is 12.7 Å². The lowest BCUT2D eigenvalue weighted by Crippen LogP contribution is -2.04. The van der Waals surface area contributed by atoms with Gasteiger partial charge in [-0.2, -0.15) is 0 Å². The predicted molar refractivity (Wildman–Crippen MR) is 35.3 cm³/mol. The molecule has 1 atom stereocenters. The third-order valence-corrected chi connectivity index (χ3v) is 1.71. The third-order valence-electron chi connectivity index (χ3n) is 1.71. The van der Waals surface area contributed by atoms with Crippen LogP contribution < -0.4 is 0 Å². The van der Waals surface area contributed by atoms with E-state index >= 15 is 0 Å². The van der Waals surface area contributed by atoms with Gasteiger partial charge in [0.2, 0.25) is 0 Å². The Morgan fingerprint density at radius 3 is 3.00 bits per heavy atom. The molecule has 0 aromatic heterocycles. The van der Waals surface area contributed by atoms with E-state index in [9.17, 15) is 0 Å². The zero-order chi connectivity index (χ0) is 6.53. The monoisotopic (exact) mass is 130 g/mol. The molecular weight excluding hydrogens is 116 g/mol. The molecule has 0 aromatic rings. The summed E-state index contributed by atoms with van der Waals surface area (Å²) in [5.74, 6) is 0. The van der Waals surface area contributed by atoms with Gasteiger partial charge < -0.3 is 9.84 Å². The second-order valence-corrected chi connectivity index (χ2v) is 2.50. The van der Waals surface area contributed by atoms with Crippen LogP contribution in [-0.4, -0.2) is 24.4 Å². The van der Waals surface area contributed by atoms with Gasteiger partial charge in [0.25, 0.3) is 0 Å². The minimum absolute atomic E-state index is 0.305. The fraction of sp³-hybridized carbons (Fsp3) is 1.00. The molecule has 54 valence electrons. The van der Waals surface area contributed by atoms with Gasteiger partial charge in [0.05, 0.1) is 6.10 Å². The van der Waals surface area contributed by atoms with E-state index in [0.717, 1.165) is 19.4 Å². The van der Waals surface area contributed by atoms with Gasteiger partial charge >= 0.3 is 0 Å². The maximum atomic E-state index is 8.47. The van der Waals surface area contributed by atoms with Crippen LogP contribution in [0.1, 0.15) is 25.7 Å². The Kier molecular flexibility index (Phi) is 3.01. The molecule has 1 fully saturated rings. The van der Waals surface area contributed by atoms with Crippen molar-refractivity contribution >= 4 is 0 Å². The first-order chi connectivity index (χ1) is 4.43. The molecule has 0 bridgehead atoms. The van der Waals surface area contributed by atoms with Gasteiger partial charge in [-0.3, -0.25) is 0 Å². The van der Waals surface area contributed by atoms with E-state index in [1.807, 2.05) is 0 Å². The Morgan fingerprint density at radius 2 is 2.44 bits per heavy atom. The maximum absolute atomic E-state index is 8.47. The van der Waals surface area contributed by atoms with Crippen molar-refractivity contribution in [2.24, 2.45) is 0 Å². The highest BCUT2D eigenvalue weighted by atomic mass is 16.5. The normalized spacial score (nSPS) is 27.0. The Balaban J connectivity index is 1.98. The Hall–Kier alpha value is -0.0800. The van der Waals surface area contributed by atoms with Crippen molar-refractivity contribution in [1.82, 2.24) is 0 Å². The van der Waals surface area contributed by atoms with Crippen molar-refractivity contribution in [3.8, 4) is 0 Å². The number of hydrogen-bond acceptors (Lipinski definition) is 2. The van der Waals surface area contributed by atoms with E-state index < -0.39 is 0 Å². The van der Waals surface area contributed by atoms with E-state index in [2.05, 4.69) is 0 Å². The molecule has 0 radical (unpaired) electrons. The van der Waals surface area contributed by atoms with Crippen LogP contribution in [0.15, 0.2) is 0 Å². The smallest absolute Gasteiger partial charge is 0.0576 e. The first kappa shape index (κ1) is 7.03. The summed E-state index contributed by atoms with van der Waals surface area (Å²) in [5, 5.41) is 8.47. The molecule has 0 aromatic carbocycles. The van der Waals surface area contributed by atoms with Crippen LogP contribution in [0.2, 0.25) is 0 Å². The van der Waals surface area contributed by atoms with E-state index in [4.69, 9.17) is 9.84 Å². The summed E-state index contributed by atoms with van der Waals surface area (Å²) in [4.78, 5) is 0. The van der Waals surface area contributed by atoms with Crippen LogP contribution in [0, 0.1) is 0 Å². The molecule has 2 nitrogen and oxygen atoms in total. The molecule has 0 amide bonds. The Morgan fingerprint density at radius 1 is 1.56 bits per heavy atom. The van der Waals surface area contributed by atoms with Gasteiger partial charge in [-0.1, -0.05) is 0 Å². The van der Waals surface area contributed by atoms with Crippen molar-refractivity contribution in [3.63, 3.8) is 0 Å². The molecule has 0 spiro atoms. The second kappa shape index (κ2) is 3.85. The van der Waals surface area contributed by atoms with Gasteiger partial charge in [0.15, 0.2) is 0 Å². The Bertz CT molecular complexity index is 67.3. The first-order valence-corrected chi connectivity index (χ1v) is 3.66. The summed E-state index contributed by atoms with van der Waals surface area (Å²) >= 11 is 0. The van der Waals surface area contributed by atoms with E-state index in [1.165, 1.54) is 12.8 Å². The van der Waals surface area contributed by atoms with Crippen LogP contribution >= 0.6 is 0 Å². The highest BCUT2D eigenvalue weighted by molar-refractivity contribution is 4.63. The summed E-state index contributed by atoms with van der Waals surface area (Å²) in [7, 11) is 0. The largest absolute Gasteiger partial charge is 0.396 e. The van der Waals surface area contributed by atoms with Gasteiger partial charge in [0, 0.05) is 13.2 Å². The van der Waals surface area contributed by atoms with Crippen molar-refractivity contribution < 1.29 is 9.84 Å². The molecular formula is C7H14O2. The molecule has 1 aliphatic rings. The van der Waals surface area contributed by atoms with Crippen molar-refractivity contribution in [2.75, 3.05) is 13.2 Å². The zero-order valence-corrected chi connectivity index (χ0v) is 5.68. The summed E-state index contributed by atoms with van der Waals surface area (Å²) < 4.78 is 5.34. The number of ether oxygens (including phenoxy) is 1. The summed E-state index contributed by atoms with van der Waals surface area (Å²) in [6.07, 6.45) is 4.79. The molecule has 1 aliphatic heterocycles. The molecule has 0 aliphatic carbocycles. The molecule has 1 unspecified atom stereocenters. The summed E-state index contributed by atoms with van der Waals surface area (Å²) in [5.41, 5.74) is 0. The van der Waals surface area contributed by atoms with Crippen LogP contribution in [0.4, 0.5) is 0 Å². The quantitative estimate of drug-likeness (QED) is 0.616. The fourth-order valence-electron chi connectivity index (χ4n) is 1.19. The van der Waals surface area contributed by atoms with Gasteiger partial charge in [0.1, 0.15) is 0 Å². The first-order valence-electron chi connectivity index (χ1n) is 3.66. The highest BCUT2D eigenvalue weighted by Gasteiger charge is 2.13. The summed E-state index contributed by atoms with van der Waals surface area (Å²) in [6.45, 7) is 1.23. The van der Waals surface area contributed by atoms with Crippen molar-refractivity contribution in [1.29, 1.82) is 0 Å². The number of hydrogen-bond donors (Lipinski definition) is 1. The maximum Gasteiger partial charge on any atom is 0.0576 e. The SMILES string of the molecule is OCCCC1CCCO1. The molecule has 1 heterocycles. The van der Waals surface area contributed by atoms with E-state index in [-0.39, 0.29) is 0 Å². The fourth-order valence-corrected chi connectivity index (χ4v) is 1.19. The lowest BCUT2D eigenvalue weighted by Gasteiger charge is -2.05. The molecule has 1 saturated heterocycles. The molecule has 0 saturated carbocycles. The predicted octanol–water partition coefficient (Wildman–Crippen LogP) is 0.938. The topological polar surface area (TPSA) is 29.5 Å². The van der Waals surface area contributed by atoms with Gasteiger partial charge in [-0.15, -0.1) is 0 Å². The minimum Gasteiger partial charge on any atom is -0.396 e. The van der Waals surface area contributed by atoms with Crippen LogP contribution in [-0.2, 0) is 4.74 Å². The van der Waals surface area contributed by atoms with Gasteiger partial charge in [-0.25, -0.2) is 0 Å². The van der Waals surface area contributed by atoms with E-state index in [1.54, 1.807) is 0 Å². The van der Waals surface area contributed by atoms with Crippen molar-refractivity contribution in [3.05, 3.63) is 0 Å². The molecule has 1 rings (SSSR count). The molecule has 2 heteroatoms. The van der Waals surface area contributed by atoms with Crippen molar-refractivity contribution in [2.45, 2.75) is 31.8 Å². The molecule has 9 heavy (non-hydrogen) atoms. The highest BCUT2D eigenvalue weighted by Crippen LogP contribution is 2.15. The standard InChI is InChI=1S/C7H14O2/c8-5-1-3-7-4-2-6-9-7/h7-8H,1-6H2. The van der Waals surface area contributed by atoms with Crippen LogP contribution in [0.5, 0.6) is 0 Å². The number of aliphatic hydroxyl groups is 1. The average molecular weight is 130 g/mol. The minimum atomic E-state index is 0.305. The van der Waals surface area contributed by atoms with Gasteiger partial charge in [-0.05, 0) is 25.7 Å². The van der Waals surface area contributed by atoms with Crippen LogP contribution in [0.25, 0.3) is 0 Å². The zero-order valence-electron chi connectivity index (χ0n) is 5.68. The number of rotatable bonds is 3. The average Bonchev–Trinajstić information content (AvgIpc) is 2.34. The third kappa shape index (κ3) is 2.33. The number of aliphatic hydroxyl groups excluding tert-OH is 1. The second-order valence-electron chi connectivity index (χ2n) is 2.50. The van der Waals surface area contributed by atoms with Crippen LogP contribution in [0.3, 0.4) is 0 Å². The Labute approximate surface area is 55.8 Å². The summed E-state index contributed by atoms with van der Waals surface area (Å²) in [6, 6.07) is 0. The molecule has 1 N–H and O–H groups in total.